The Morgan fingerprint density at radius 3 is 2.44 bits per heavy atom. The summed E-state index contributed by atoms with van der Waals surface area (Å²) in [5, 5.41) is 2.94. The lowest BCUT2D eigenvalue weighted by molar-refractivity contribution is -0.697. The SMILES string of the molecule is CC(C)CNC(=O)CCCC[n+]1ccccc1.[Br-]. The number of nitrogens with zero attached hydrogens (tertiary/aromatic N) is 1. The zero-order valence-corrected chi connectivity index (χ0v) is 12.8. The molecule has 18 heavy (non-hydrogen) atoms. The first-order valence-corrected chi connectivity index (χ1v) is 6.39. The highest BCUT2D eigenvalue weighted by Crippen LogP contribution is 1.96. The van der Waals surface area contributed by atoms with Crippen molar-refractivity contribution < 1.29 is 26.3 Å². The maximum Gasteiger partial charge on any atom is 0.220 e. The zero-order chi connectivity index (χ0) is 12.5. The second-order valence-corrected chi connectivity index (χ2v) is 4.77. The third-order valence-electron chi connectivity index (χ3n) is 2.55. The summed E-state index contributed by atoms with van der Waals surface area (Å²) in [4.78, 5) is 11.4. The molecule has 0 aliphatic carbocycles. The molecule has 0 aromatic carbocycles. The number of amides is 1. The molecule has 0 saturated carbocycles. The first-order valence-electron chi connectivity index (χ1n) is 6.39. The molecule has 0 aliphatic rings. The van der Waals surface area contributed by atoms with Crippen LogP contribution in [0.1, 0.15) is 33.1 Å². The Kier molecular flexibility index (Phi) is 9.56. The largest absolute Gasteiger partial charge is 1.00 e. The lowest BCUT2D eigenvalue weighted by Crippen LogP contribution is -3.00. The molecule has 1 aromatic heterocycles. The van der Waals surface area contributed by atoms with E-state index in [-0.39, 0.29) is 22.9 Å². The minimum absolute atomic E-state index is 0. The summed E-state index contributed by atoms with van der Waals surface area (Å²) in [6.45, 7) is 5.98. The van der Waals surface area contributed by atoms with Gasteiger partial charge in [-0.15, -0.1) is 0 Å². The molecule has 1 rings (SSSR count). The van der Waals surface area contributed by atoms with Gasteiger partial charge in [-0.3, -0.25) is 4.79 Å². The number of rotatable bonds is 7. The summed E-state index contributed by atoms with van der Waals surface area (Å²) in [6.07, 6.45) is 6.74. The molecule has 0 bridgehead atoms. The van der Waals surface area contributed by atoms with Gasteiger partial charge in [-0.1, -0.05) is 19.9 Å². The number of hydrogen-bond donors (Lipinski definition) is 1. The molecule has 3 nitrogen and oxygen atoms in total. The summed E-state index contributed by atoms with van der Waals surface area (Å²) in [7, 11) is 0. The molecule has 0 fully saturated rings. The van der Waals surface area contributed by atoms with Crippen molar-refractivity contribution in [2.24, 2.45) is 5.92 Å². The Labute approximate surface area is 120 Å². The number of halogens is 1. The predicted molar refractivity (Wildman–Crippen MR) is 68.3 cm³/mol. The average Bonchev–Trinajstić information content (AvgIpc) is 2.33. The van der Waals surface area contributed by atoms with Crippen LogP contribution >= 0.6 is 0 Å². The van der Waals surface area contributed by atoms with Gasteiger partial charge < -0.3 is 22.3 Å². The van der Waals surface area contributed by atoms with Gasteiger partial charge >= 0.3 is 0 Å². The summed E-state index contributed by atoms with van der Waals surface area (Å²) < 4.78 is 2.14. The van der Waals surface area contributed by atoms with Crippen LogP contribution < -0.4 is 26.9 Å². The van der Waals surface area contributed by atoms with Gasteiger partial charge in [-0.2, -0.15) is 0 Å². The fraction of sp³-hybridized carbons (Fsp3) is 0.571. The highest BCUT2D eigenvalue weighted by atomic mass is 79.9. The van der Waals surface area contributed by atoms with E-state index in [0.717, 1.165) is 25.9 Å². The number of nitrogens with one attached hydrogen (secondary N) is 1. The molecule has 1 N–H and O–H groups in total. The fourth-order valence-corrected chi connectivity index (χ4v) is 1.57. The van der Waals surface area contributed by atoms with E-state index >= 15 is 0 Å². The van der Waals surface area contributed by atoms with Crippen molar-refractivity contribution in [2.45, 2.75) is 39.7 Å². The van der Waals surface area contributed by atoms with Crippen molar-refractivity contribution >= 4 is 5.91 Å². The highest BCUT2D eigenvalue weighted by Gasteiger charge is 2.03. The van der Waals surface area contributed by atoms with Crippen molar-refractivity contribution in [3.05, 3.63) is 30.6 Å². The van der Waals surface area contributed by atoms with E-state index in [1.54, 1.807) is 0 Å². The molecule has 1 amide bonds. The molecular formula is C14H23BrN2O. The smallest absolute Gasteiger partial charge is 0.220 e. The van der Waals surface area contributed by atoms with Crippen LogP contribution in [0.5, 0.6) is 0 Å². The van der Waals surface area contributed by atoms with E-state index in [4.69, 9.17) is 0 Å². The Balaban J connectivity index is 0.00000289. The molecular weight excluding hydrogens is 292 g/mol. The number of hydrogen-bond acceptors (Lipinski definition) is 1. The molecule has 1 aromatic rings. The van der Waals surface area contributed by atoms with Crippen molar-refractivity contribution in [3.8, 4) is 0 Å². The maximum absolute atomic E-state index is 11.4. The van der Waals surface area contributed by atoms with Crippen molar-refractivity contribution in [2.75, 3.05) is 6.54 Å². The van der Waals surface area contributed by atoms with Crippen LogP contribution in [0.25, 0.3) is 0 Å². The molecule has 102 valence electrons. The van der Waals surface area contributed by atoms with E-state index in [9.17, 15) is 4.79 Å². The summed E-state index contributed by atoms with van der Waals surface area (Å²) in [6, 6.07) is 6.06. The van der Waals surface area contributed by atoms with E-state index in [1.807, 2.05) is 18.2 Å². The molecule has 0 spiro atoms. The number of carbonyl (C=O) groups excluding carboxylic acids is 1. The Bertz CT molecular complexity index is 328. The second kappa shape index (κ2) is 10.1. The summed E-state index contributed by atoms with van der Waals surface area (Å²) in [5.41, 5.74) is 0. The van der Waals surface area contributed by atoms with Gasteiger partial charge in [0, 0.05) is 31.5 Å². The topological polar surface area (TPSA) is 33.0 Å². The van der Waals surface area contributed by atoms with Crippen molar-refractivity contribution in [1.82, 2.24) is 5.32 Å². The highest BCUT2D eigenvalue weighted by molar-refractivity contribution is 5.75. The quantitative estimate of drug-likeness (QED) is 0.504. The number of aromatic nitrogens is 1. The normalized spacial score (nSPS) is 9.94. The lowest BCUT2D eigenvalue weighted by atomic mass is 10.2. The number of carbonyl (C=O) groups is 1. The van der Waals surface area contributed by atoms with Crippen molar-refractivity contribution in [3.63, 3.8) is 0 Å². The molecule has 1 heterocycles. The number of pyridine rings is 1. The minimum Gasteiger partial charge on any atom is -1.00 e. The third-order valence-corrected chi connectivity index (χ3v) is 2.55. The number of aryl methyl sites for hydroxylation is 1. The van der Waals surface area contributed by atoms with E-state index < -0.39 is 0 Å². The Morgan fingerprint density at radius 2 is 1.83 bits per heavy atom. The van der Waals surface area contributed by atoms with Crippen molar-refractivity contribution in [1.29, 1.82) is 0 Å². The van der Waals surface area contributed by atoms with Gasteiger partial charge in [0.1, 0.15) is 6.54 Å². The Morgan fingerprint density at radius 1 is 1.17 bits per heavy atom. The Hall–Kier alpha value is -0.900. The first-order chi connectivity index (χ1) is 8.18. The van der Waals surface area contributed by atoms with Gasteiger partial charge in [0.05, 0.1) is 0 Å². The molecule has 0 unspecified atom stereocenters. The van der Waals surface area contributed by atoms with Gasteiger partial charge in [0.2, 0.25) is 5.91 Å². The molecule has 0 aliphatic heterocycles. The van der Waals surface area contributed by atoms with E-state index in [2.05, 4.69) is 36.1 Å². The van der Waals surface area contributed by atoms with Gasteiger partial charge in [-0.25, -0.2) is 4.57 Å². The lowest BCUT2D eigenvalue weighted by Gasteiger charge is -2.06. The monoisotopic (exact) mass is 314 g/mol. The average molecular weight is 315 g/mol. The summed E-state index contributed by atoms with van der Waals surface area (Å²) in [5.74, 6) is 0.704. The number of unbranched alkanes of at least 4 members (excludes halogenated alkanes) is 1. The second-order valence-electron chi connectivity index (χ2n) is 4.77. The predicted octanol–water partition coefficient (Wildman–Crippen LogP) is -1.08. The summed E-state index contributed by atoms with van der Waals surface area (Å²) >= 11 is 0. The standard InChI is InChI=1S/C14H22N2O.BrH/c1-13(2)12-15-14(17)8-4-7-11-16-9-5-3-6-10-16;/h3,5-6,9-10,13H,4,7-8,11-12H2,1-2H3;1H. The van der Waals surface area contributed by atoms with Crippen LogP contribution in [0.4, 0.5) is 0 Å². The molecule has 0 saturated heterocycles. The minimum atomic E-state index is 0. The van der Waals surface area contributed by atoms with Crippen LogP contribution in [0.2, 0.25) is 0 Å². The molecule has 0 atom stereocenters. The van der Waals surface area contributed by atoms with Crippen LogP contribution in [0, 0.1) is 5.92 Å². The molecule has 4 heteroatoms. The van der Waals surface area contributed by atoms with Crippen LogP contribution in [-0.2, 0) is 11.3 Å². The van der Waals surface area contributed by atoms with E-state index in [1.165, 1.54) is 0 Å². The zero-order valence-electron chi connectivity index (χ0n) is 11.2. The fourth-order valence-electron chi connectivity index (χ4n) is 1.57. The van der Waals surface area contributed by atoms with Crippen LogP contribution in [0.3, 0.4) is 0 Å². The molecule has 0 radical (unpaired) electrons. The van der Waals surface area contributed by atoms with E-state index in [0.29, 0.717) is 12.3 Å². The third kappa shape index (κ3) is 8.23. The maximum atomic E-state index is 11.4. The van der Waals surface area contributed by atoms with Crippen LogP contribution in [-0.4, -0.2) is 12.5 Å². The van der Waals surface area contributed by atoms with Crippen LogP contribution in [0.15, 0.2) is 30.6 Å². The van der Waals surface area contributed by atoms with Gasteiger partial charge in [0.25, 0.3) is 0 Å². The van der Waals surface area contributed by atoms with Gasteiger partial charge in [-0.05, 0) is 12.3 Å². The first kappa shape index (κ1) is 17.1. The van der Waals surface area contributed by atoms with Gasteiger partial charge in [0.15, 0.2) is 12.4 Å².